The number of thioether (sulfide) groups is 1. The molecule has 0 saturated carbocycles. The van der Waals surface area contributed by atoms with Crippen molar-refractivity contribution in [1.82, 2.24) is 0 Å². The smallest absolute Gasteiger partial charge is 0.162 e. The van der Waals surface area contributed by atoms with Gasteiger partial charge in [0.15, 0.2) is 11.5 Å². The summed E-state index contributed by atoms with van der Waals surface area (Å²) in [4.78, 5) is 1.02. The molecule has 0 radical (unpaired) electrons. The summed E-state index contributed by atoms with van der Waals surface area (Å²) in [5.74, 6) is 1.25. The van der Waals surface area contributed by atoms with Gasteiger partial charge < -0.3 is 14.6 Å². The normalized spacial score (nSPS) is 14.8. The lowest BCUT2D eigenvalue weighted by molar-refractivity contribution is 0.169. The van der Waals surface area contributed by atoms with Gasteiger partial charge in [0.05, 0.1) is 5.02 Å². The largest absolute Gasteiger partial charge is 0.486 e. The van der Waals surface area contributed by atoms with Crippen LogP contribution in [0.2, 0.25) is 5.02 Å². The summed E-state index contributed by atoms with van der Waals surface area (Å²) in [5.41, 5.74) is 1.46. The van der Waals surface area contributed by atoms with Crippen LogP contribution in [-0.4, -0.2) is 24.6 Å². The first kappa shape index (κ1) is 14.6. The zero-order chi connectivity index (χ0) is 14.8. The topological polar surface area (TPSA) is 38.7 Å². The van der Waals surface area contributed by atoms with Crippen LogP contribution in [0, 0.1) is 0 Å². The molecule has 1 aliphatic rings. The third kappa shape index (κ3) is 2.84. The number of hydrogen-bond donors (Lipinski definition) is 1. The molecule has 1 atom stereocenters. The van der Waals surface area contributed by atoms with Gasteiger partial charge in [-0.25, -0.2) is 0 Å². The molecular formula is C16H15ClO3S. The second kappa shape index (κ2) is 6.18. The summed E-state index contributed by atoms with van der Waals surface area (Å²) in [6, 6.07) is 11.2. The number of rotatable bonds is 3. The fourth-order valence-electron chi connectivity index (χ4n) is 2.35. The van der Waals surface area contributed by atoms with Crippen LogP contribution >= 0.6 is 23.4 Å². The van der Waals surface area contributed by atoms with Gasteiger partial charge >= 0.3 is 0 Å². The van der Waals surface area contributed by atoms with Crippen molar-refractivity contribution in [2.24, 2.45) is 0 Å². The molecule has 0 bridgehead atoms. The lowest BCUT2D eigenvalue weighted by Gasteiger charge is -2.22. The Balaban J connectivity index is 2.03. The summed E-state index contributed by atoms with van der Waals surface area (Å²) in [5, 5.41) is 11.2. The monoisotopic (exact) mass is 322 g/mol. The van der Waals surface area contributed by atoms with Crippen molar-refractivity contribution in [2.75, 3.05) is 19.5 Å². The van der Waals surface area contributed by atoms with E-state index in [0.717, 1.165) is 10.5 Å². The number of benzene rings is 2. The molecule has 0 fully saturated rings. The van der Waals surface area contributed by atoms with E-state index >= 15 is 0 Å². The van der Waals surface area contributed by atoms with E-state index in [1.54, 1.807) is 23.9 Å². The summed E-state index contributed by atoms with van der Waals surface area (Å²) < 4.78 is 11.1. The van der Waals surface area contributed by atoms with E-state index in [4.69, 9.17) is 21.1 Å². The number of halogens is 1. The predicted molar refractivity (Wildman–Crippen MR) is 84.7 cm³/mol. The fraction of sp³-hybridized carbons (Fsp3) is 0.250. The lowest BCUT2D eigenvalue weighted by atomic mass is 10.0. The lowest BCUT2D eigenvalue weighted by Crippen LogP contribution is -2.16. The minimum atomic E-state index is -0.794. The fourth-order valence-corrected chi connectivity index (χ4v) is 3.24. The van der Waals surface area contributed by atoms with E-state index in [9.17, 15) is 5.11 Å². The first-order valence-electron chi connectivity index (χ1n) is 6.60. The summed E-state index contributed by atoms with van der Waals surface area (Å²) in [6.07, 6.45) is 1.19. The highest BCUT2D eigenvalue weighted by Gasteiger charge is 2.21. The maximum Gasteiger partial charge on any atom is 0.162 e. The molecule has 0 spiro atoms. The Morgan fingerprint density at radius 1 is 1.10 bits per heavy atom. The molecule has 3 nitrogen and oxygen atoms in total. The molecule has 5 heteroatoms. The van der Waals surface area contributed by atoms with Crippen molar-refractivity contribution in [2.45, 2.75) is 11.0 Å². The van der Waals surface area contributed by atoms with Crippen LogP contribution in [0.1, 0.15) is 17.2 Å². The van der Waals surface area contributed by atoms with Gasteiger partial charge in [-0.1, -0.05) is 29.8 Å². The van der Waals surface area contributed by atoms with Crippen LogP contribution in [0.3, 0.4) is 0 Å². The average molecular weight is 323 g/mol. The summed E-state index contributed by atoms with van der Waals surface area (Å²) >= 11 is 7.89. The van der Waals surface area contributed by atoms with Crippen molar-refractivity contribution in [3.8, 4) is 11.5 Å². The molecule has 0 amide bonds. The molecule has 0 aliphatic carbocycles. The highest BCUT2D eigenvalue weighted by molar-refractivity contribution is 7.98. The molecule has 2 aromatic carbocycles. The minimum absolute atomic E-state index is 0.475. The Kier molecular flexibility index (Phi) is 4.29. The third-order valence-corrected chi connectivity index (χ3v) is 4.53. The number of aliphatic hydroxyl groups is 1. The van der Waals surface area contributed by atoms with Gasteiger partial charge in [0, 0.05) is 16.5 Å². The van der Waals surface area contributed by atoms with Crippen LogP contribution in [0.25, 0.3) is 0 Å². The third-order valence-electron chi connectivity index (χ3n) is 3.39. The highest BCUT2D eigenvalue weighted by Crippen LogP contribution is 2.40. The zero-order valence-electron chi connectivity index (χ0n) is 11.5. The molecular weight excluding hydrogens is 308 g/mol. The first-order valence-corrected chi connectivity index (χ1v) is 8.21. The summed E-state index contributed by atoms with van der Waals surface area (Å²) in [7, 11) is 0. The molecule has 1 unspecified atom stereocenters. The molecule has 1 heterocycles. The molecule has 21 heavy (non-hydrogen) atoms. The van der Waals surface area contributed by atoms with Gasteiger partial charge in [-0.2, -0.15) is 0 Å². The van der Waals surface area contributed by atoms with Crippen molar-refractivity contribution in [3.63, 3.8) is 0 Å². The van der Waals surface area contributed by atoms with Crippen molar-refractivity contribution in [1.29, 1.82) is 0 Å². The Morgan fingerprint density at radius 2 is 1.76 bits per heavy atom. The van der Waals surface area contributed by atoms with Gasteiger partial charge in [0.1, 0.15) is 19.3 Å². The maximum atomic E-state index is 10.7. The van der Waals surface area contributed by atoms with Crippen LogP contribution in [-0.2, 0) is 0 Å². The number of ether oxygens (including phenoxy) is 2. The number of fused-ring (bicyclic) bond motifs is 1. The standard InChI is InChI=1S/C16H15ClO3S/c1-21-15-5-3-2-4-10(15)16(18)11-8-13-14(9-12(11)17)20-7-6-19-13/h2-5,8-9,16,18H,6-7H2,1H3. The minimum Gasteiger partial charge on any atom is -0.486 e. The van der Waals surface area contributed by atoms with E-state index in [1.165, 1.54) is 0 Å². The van der Waals surface area contributed by atoms with Crippen molar-refractivity contribution in [3.05, 3.63) is 52.5 Å². The van der Waals surface area contributed by atoms with E-state index in [-0.39, 0.29) is 0 Å². The van der Waals surface area contributed by atoms with Gasteiger partial charge in [-0.15, -0.1) is 11.8 Å². The Bertz CT molecular complexity index is 660. The highest BCUT2D eigenvalue weighted by atomic mass is 35.5. The second-order valence-electron chi connectivity index (χ2n) is 4.66. The Hall–Kier alpha value is -1.36. The van der Waals surface area contributed by atoms with Crippen LogP contribution in [0.15, 0.2) is 41.3 Å². The summed E-state index contributed by atoms with van der Waals surface area (Å²) in [6.45, 7) is 1.02. The van der Waals surface area contributed by atoms with E-state index in [0.29, 0.717) is 35.3 Å². The van der Waals surface area contributed by atoms with Gasteiger partial charge in [-0.05, 0) is 24.0 Å². The number of aliphatic hydroxyl groups excluding tert-OH is 1. The molecule has 2 aromatic rings. The van der Waals surface area contributed by atoms with E-state index in [2.05, 4.69) is 0 Å². The Morgan fingerprint density at radius 3 is 2.48 bits per heavy atom. The SMILES string of the molecule is CSc1ccccc1C(O)c1cc2c(cc1Cl)OCCO2. The average Bonchev–Trinajstić information content (AvgIpc) is 2.53. The Labute approximate surface area is 132 Å². The van der Waals surface area contributed by atoms with Crippen LogP contribution < -0.4 is 9.47 Å². The van der Waals surface area contributed by atoms with E-state index < -0.39 is 6.10 Å². The molecule has 0 saturated heterocycles. The zero-order valence-corrected chi connectivity index (χ0v) is 13.1. The van der Waals surface area contributed by atoms with Gasteiger partial charge in [0.25, 0.3) is 0 Å². The maximum absolute atomic E-state index is 10.7. The van der Waals surface area contributed by atoms with Gasteiger partial charge in [-0.3, -0.25) is 0 Å². The quantitative estimate of drug-likeness (QED) is 0.869. The molecule has 110 valence electrons. The first-order chi connectivity index (χ1) is 10.2. The van der Waals surface area contributed by atoms with Crippen LogP contribution in [0.4, 0.5) is 0 Å². The van der Waals surface area contributed by atoms with E-state index in [1.807, 2.05) is 30.5 Å². The second-order valence-corrected chi connectivity index (χ2v) is 5.92. The van der Waals surface area contributed by atoms with Crippen LogP contribution in [0.5, 0.6) is 11.5 Å². The van der Waals surface area contributed by atoms with Crippen molar-refractivity contribution >= 4 is 23.4 Å². The molecule has 1 N–H and O–H groups in total. The molecule has 3 rings (SSSR count). The van der Waals surface area contributed by atoms with Gasteiger partial charge in [0.2, 0.25) is 0 Å². The molecule has 1 aliphatic heterocycles. The predicted octanol–water partition coefficient (Wildman–Crippen LogP) is 3.91. The van der Waals surface area contributed by atoms with Crippen molar-refractivity contribution < 1.29 is 14.6 Å². The molecule has 0 aromatic heterocycles. The number of hydrogen-bond acceptors (Lipinski definition) is 4.